The number of hydrogen-bond donors (Lipinski definition) is 4. The lowest BCUT2D eigenvalue weighted by Gasteiger charge is -2.44. The van der Waals surface area contributed by atoms with Gasteiger partial charge < -0.3 is 25.2 Å². The van der Waals surface area contributed by atoms with Crippen LogP contribution in [0.3, 0.4) is 0 Å². The summed E-state index contributed by atoms with van der Waals surface area (Å²) < 4.78 is 5.63. The van der Waals surface area contributed by atoms with Gasteiger partial charge in [0.25, 0.3) is 0 Å². The Kier molecular flexibility index (Phi) is 9.84. The van der Waals surface area contributed by atoms with Crippen LogP contribution in [-0.2, 0) is 4.74 Å². The van der Waals surface area contributed by atoms with Gasteiger partial charge in [0.2, 0.25) is 0 Å². The van der Waals surface area contributed by atoms with Crippen LogP contribution in [0, 0.1) is 23.2 Å². The van der Waals surface area contributed by atoms with Crippen LogP contribution < -0.4 is 0 Å². The summed E-state index contributed by atoms with van der Waals surface area (Å²) >= 11 is 0. The van der Waals surface area contributed by atoms with Gasteiger partial charge in [0.1, 0.15) is 12.2 Å². The van der Waals surface area contributed by atoms with E-state index in [1.165, 1.54) is 37.7 Å². The molecule has 0 heterocycles. The molecule has 5 heteroatoms. The van der Waals surface area contributed by atoms with Gasteiger partial charge in [-0.25, -0.2) is 0 Å². The highest BCUT2D eigenvalue weighted by molar-refractivity contribution is 5.40. The van der Waals surface area contributed by atoms with E-state index in [-0.39, 0.29) is 6.61 Å². The lowest BCUT2D eigenvalue weighted by Crippen LogP contribution is -2.45. The quantitative estimate of drug-likeness (QED) is 0.321. The van der Waals surface area contributed by atoms with Crippen LogP contribution in [-0.4, -0.2) is 57.6 Å². The Hall–Kier alpha value is -0.980. The zero-order valence-electron chi connectivity index (χ0n) is 22.5. The molecule has 0 radical (unpaired) electrons. The number of fused-ring (bicyclic) bond motifs is 1. The van der Waals surface area contributed by atoms with Crippen LogP contribution in [0.25, 0.3) is 0 Å². The van der Waals surface area contributed by atoms with Gasteiger partial charge in [-0.3, -0.25) is 0 Å². The molecule has 0 bridgehead atoms. The average molecular weight is 491 g/mol. The van der Waals surface area contributed by atoms with Gasteiger partial charge in [-0.2, -0.15) is 0 Å². The summed E-state index contributed by atoms with van der Waals surface area (Å²) in [6, 6.07) is 0. The first kappa shape index (κ1) is 28.6. The normalized spacial score (nSPS) is 37.1. The van der Waals surface area contributed by atoms with Crippen molar-refractivity contribution in [2.24, 2.45) is 23.2 Å². The number of hydrogen-bond acceptors (Lipinski definition) is 5. The molecule has 0 aromatic rings. The van der Waals surface area contributed by atoms with Crippen LogP contribution in [0.4, 0.5) is 0 Å². The van der Waals surface area contributed by atoms with Gasteiger partial charge in [-0.1, -0.05) is 51.0 Å². The van der Waals surface area contributed by atoms with E-state index in [2.05, 4.69) is 32.6 Å². The zero-order chi connectivity index (χ0) is 25.8. The number of aliphatic hydroxyl groups is 4. The minimum Gasteiger partial charge on any atom is -0.396 e. The van der Waals surface area contributed by atoms with E-state index in [1.807, 2.05) is 13.8 Å². The van der Waals surface area contributed by atoms with Crippen LogP contribution in [0.15, 0.2) is 35.5 Å². The molecule has 0 spiro atoms. The van der Waals surface area contributed by atoms with E-state index in [0.717, 1.165) is 30.8 Å². The Morgan fingerprint density at radius 3 is 2.63 bits per heavy atom. The van der Waals surface area contributed by atoms with Gasteiger partial charge in [0.05, 0.1) is 11.7 Å². The third-order valence-corrected chi connectivity index (χ3v) is 9.17. The molecule has 3 aliphatic rings. The van der Waals surface area contributed by atoms with Crippen LogP contribution in [0.5, 0.6) is 0 Å². The summed E-state index contributed by atoms with van der Waals surface area (Å²) in [6.07, 6.45) is 12.1. The summed E-state index contributed by atoms with van der Waals surface area (Å²) in [5.74, 6) is 1.98. The summed E-state index contributed by atoms with van der Waals surface area (Å²) in [5.41, 5.74) is 2.79. The Morgan fingerprint density at radius 1 is 1.20 bits per heavy atom. The molecule has 200 valence electrons. The maximum Gasteiger partial charge on any atom is 0.114 e. The second-order valence-corrected chi connectivity index (χ2v) is 12.4. The first-order valence-electron chi connectivity index (χ1n) is 13.9. The molecule has 7 atom stereocenters. The zero-order valence-corrected chi connectivity index (χ0v) is 22.5. The van der Waals surface area contributed by atoms with Crippen LogP contribution in [0.2, 0.25) is 0 Å². The molecule has 0 amide bonds. The van der Waals surface area contributed by atoms with E-state index < -0.39 is 23.9 Å². The summed E-state index contributed by atoms with van der Waals surface area (Å²) in [7, 11) is 0. The standard InChI is InChI=1S/C30H50O5/c1-20(9-6-15-29(3,4)34)24-13-14-25-22(10-7-16-30(24,25)5)11-12-23-19-26(32)28(27(33)21(23)2)35-18-8-17-31/h11-12,20,24-28,31-34H,2,6-10,13-19H2,1,3-5H3/t20-,24-,25?,26-,27-,28-,30?/m1/s1. The highest BCUT2D eigenvalue weighted by atomic mass is 16.5. The van der Waals surface area contributed by atoms with Crippen molar-refractivity contribution >= 4 is 0 Å². The molecule has 3 fully saturated rings. The predicted molar refractivity (Wildman–Crippen MR) is 141 cm³/mol. The summed E-state index contributed by atoms with van der Waals surface area (Å²) in [6.45, 7) is 13.2. The molecule has 4 N–H and O–H groups in total. The Morgan fingerprint density at radius 2 is 1.94 bits per heavy atom. The van der Waals surface area contributed by atoms with E-state index in [0.29, 0.717) is 42.3 Å². The maximum atomic E-state index is 10.7. The van der Waals surface area contributed by atoms with E-state index >= 15 is 0 Å². The van der Waals surface area contributed by atoms with Gasteiger partial charge in [0.15, 0.2) is 0 Å². The number of aliphatic hydroxyl groups excluding tert-OH is 3. The van der Waals surface area contributed by atoms with E-state index in [1.54, 1.807) is 0 Å². The molecular weight excluding hydrogens is 440 g/mol. The second-order valence-electron chi connectivity index (χ2n) is 12.4. The van der Waals surface area contributed by atoms with Gasteiger partial charge in [-0.15, -0.1) is 0 Å². The molecule has 0 aromatic heterocycles. The highest BCUT2D eigenvalue weighted by Gasteiger charge is 2.50. The molecule has 35 heavy (non-hydrogen) atoms. The second kappa shape index (κ2) is 12.0. The fourth-order valence-electron chi connectivity index (χ4n) is 7.21. The van der Waals surface area contributed by atoms with Crippen LogP contribution >= 0.6 is 0 Å². The number of allylic oxidation sites excluding steroid dienone is 3. The first-order chi connectivity index (χ1) is 16.5. The fourth-order valence-corrected chi connectivity index (χ4v) is 7.21. The Labute approximate surface area is 213 Å². The van der Waals surface area contributed by atoms with Crippen molar-refractivity contribution in [1.82, 2.24) is 0 Å². The van der Waals surface area contributed by atoms with E-state index in [4.69, 9.17) is 9.84 Å². The van der Waals surface area contributed by atoms with Crippen molar-refractivity contribution in [2.75, 3.05) is 13.2 Å². The molecule has 0 aliphatic heterocycles. The monoisotopic (exact) mass is 490 g/mol. The molecule has 3 rings (SSSR count). The molecule has 3 saturated carbocycles. The lowest BCUT2D eigenvalue weighted by atomic mass is 9.60. The van der Waals surface area contributed by atoms with Crippen molar-refractivity contribution in [3.05, 3.63) is 35.5 Å². The first-order valence-corrected chi connectivity index (χ1v) is 13.9. The summed E-state index contributed by atoms with van der Waals surface area (Å²) in [4.78, 5) is 0. The minimum atomic E-state index is -0.931. The smallest absolute Gasteiger partial charge is 0.114 e. The van der Waals surface area contributed by atoms with Crippen molar-refractivity contribution in [3.8, 4) is 0 Å². The summed E-state index contributed by atoms with van der Waals surface area (Å²) in [5, 5.41) is 40.4. The Balaban J connectivity index is 1.67. The van der Waals surface area contributed by atoms with Crippen LogP contribution in [0.1, 0.15) is 91.9 Å². The number of ether oxygens (including phenoxy) is 1. The molecule has 2 unspecified atom stereocenters. The average Bonchev–Trinajstić information content (AvgIpc) is 3.14. The topological polar surface area (TPSA) is 90.2 Å². The predicted octanol–water partition coefficient (Wildman–Crippen LogP) is 5.08. The molecular formula is C30H50O5. The van der Waals surface area contributed by atoms with Gasteiger partial charge >= 0.3 is 0 Å². The van der Waals surface area contributed by atoms with E-state index in [9.17, 15) is 15.3 Å². The lowest BCUT2D eigenvalue weighted by molar-refractivity contribution is -0.0968. The SMILES string of the molecule is C=C1C(=CC=C2CCCC3(C)C2CC[C@@H]3[C@H](C)CCCC(C)(C)O)C[C@@H](O)[C@@H](OCCCO)[C@@H]1O. The molecule has 3 aliphatic carbocycles. The molecule has 5 nitrogen and oxygen atoms in total. The van der Waals surface area contributed by atoms with Crippen molar-refractivity contribution < 1.29 is 25.2 Å². The fraction of sp³-hybridized carbons (Fsp3) is 0.800. The molecule has 0 saturated heterocycles. The van der Waals surface area contributed by atoms with Gasteiger partial charge in [-0.05, 0) is 93.1 Å². The van der Waals surface area contributed by atoms with Crippen molar-refractivity contribution in [2.45, 2.75) is 116 Å². The number of rotatable bonds is 10. The minimum absolute atomic E-state index is 0.0269. The largest absolute Gasteiger partial charge is 0.396 e. The van der Waals surface area contributed by atoms with Gasteiger partial charge in [0, 0.05) is 19.6 Å². The Bertz CT molecular complexity index is 778. The maximum absolute atomic E-state index is 10.7. The third kappa shape index (κ3) is 6.87. The van der Waals surface area contributed by atoms with Crippen molar-refractivity contribution in [1.29, 1.82) is 0 Å². The molecule has 0 aromatic carbocycles. The third-order valence-electron chi connectivity index (χ3n) is 9.17. The highest BCUT2D eigenvalue weighted by Crippen LogP contribution is 2.60. The van der Waals surface area contributed by atoms with Crippen molar-refractivity contribution in [3.63, 3.8) is 0 Å².